The summed E-state index contributed by atoms with van der Waals surface area (Å²) in [6, 6.07) is 0. The van der Waals surface area contributed by atoms with Crippen molar-refractivity contribution in [3.8, 4) is 0 Å². The number of rotatable bonds is 2. The van der Waals surface area contributed by atoms with Gasteiger partial charge in [-0.15, -0.1) is 0 Å². The molecule has 1 aliphatic rings. The first-order valence-electron chi connectivity index (χ1n) is 1.99. The van der Waals surface area contributed by atoms with Crippen LogP contribution in [0.4, 0.5) is 0 Å². The molecule has 1 fully saturated rings. The minimum atomic E-state index is 0.287. The summed E-state index contributed by atoms with van der Waals surface area (Å²) in [6.07, 6.45) is 0.287. The summed E-state index contributed by atoms with van der Waals surface area (Å²) < 4.78 is 0. The molecule has 1 heterocycles. The van der Waals surface area contributed by atoms with Gasteiger partial charge in [-0.05, 0) is 0 Å². The van der Waals surface area contributed by atoms with E-state index in [1.165, 1.54) is 0 Å². The number of hydroxylamine groups is 1. The maximum Gasteiger partial charge on any atom is 0.142 e. The highest BCUT2D eigenvalue weighted by Gasteiger charge is 2.19. The van der Waals surface area contributed by atoms with Crippen LogP contribution in [0.25, 0.3) is 0 Å². The first-order valence-corrected chi connectivity index (χ1v) is 1.99. The lowest BCUT2D eigenvalue weighted by atomic mass is 10.9. The predicted octanol–water partition coefficient (Wildman–Crippen LogP) is -0.933. The van der Waals surface area contributed by atoms with Crippen LogP contribution in [0.5, 0.6) is 0 Å². The van der Waals surface area contributed by atoms with Crippen LogP contribution >= 0.6 is 0 Å². The van der Waals surface area contributed by atoms with Crippen LogP contribution in [-0.2, 0) is 4.84 Å². The summed E-state index contributed by atoms with van der Waals surface area (Å²) in [4.78, 5) is 4.79. The zero-order valence-corrected chi connectivity index (χ0v) is 3.69. The first kappa shape index (κ1) is 4.05. The Labute approximate surface area is 36.6 Å². The van der Waals surface area contributed by atoms with Crippen molar-refractivity contribution >= 4 is 0 Å². The zero-order valence-electron chi connectivity index (χ0n) is 3.69. The van der Waals surface area contributed by atoms with E-state index in [1.807, 2.05) is 0 Å². The minimum Gasteiger partial charge on any atom is -0.285 e. The van der Waals surface area contributed by atoms with Crippen molar-refractivity contribution in [2.75, 3.05) is 13.6 Å². The van der Waals surface area contributed by atoms with Crippen LogP contribution in [-0.4, -0.2) is 19.8 Å². The molecule has 0 aliphatic carbocycles. The van der Waals surface area contributed by atoms with Gasteiger partial charge >= 0.3 is 0 Å². The largest absolute Gasteiger partial charge is 0.285 e. The Morgan fingerprint density at radius 2 is 2.67 bits per heavy atom. The summed E-state index contributed by atoms with van der Waals surface area (Å²) in [7, 11) is 1.75. The maximum absolute atomic E-state index is 4.79. The van der Waals surface area contributed by atoms with E-state index in [9.17, 15) is 0 Å². The fourth-order valence-corrected chi connectivity index (χ4v) is 0.274. The molecule has 0 aromatic heterocycles. The van der Waals surface area contributed by atoms with Gasteiger partial charge in [0.15, 0.2) is 0 Å². The Morgan fingerprint density at radius 3 is 2.83 bits per heavy atom. The number of hydrogen-bond acceptors (Lipinski definition) is 3. The highest BCUT2D eigenvalue weighted by atomic mass is 16.7. The van der Waals surface area contributed by atoms with Gasteiger partial charge in [0, 0.05) is 13.6 Å². The molecular weight excluding hydrogens is 80.0 g/mol. The summed E-state index contributed by atoms with van der Waals surface area (Å²) in [5, 5.41) is 2.95. The van der Waals surface area contributed by atoms with E-state index in [1.54, 1.807) is 7.05 Å². The average molecular weight is 88.1 g/mol. The molecule has 0 aromatic rings. The molecule has 1 atom stereocenters. The maximum atomic E-state index is 4.79. The van der Waals surface area contributed by atoms with Crippen LogP contribution < -0.4 is 10.8 Å². The van der Waals surface area contributed by atoms with Gasteiger partial charge in [0.1, 0.15) is 6.23 Å². The van der Waals surface area contributed by atoms with Crippen LogP contribution in [0.3, 0.4) is 0 Å². The quantitative estimate of drug-likeness (QED) is 0.338. The molecule has 2 N–H and O–H groups in total. The van der Waals surface area contributed by atoms with Gasteiger partial charge in [-0.2, -0.15) is 0 Å². The Bertz CT molecular complexity index is 44.1. The molecule has 1 aliphatic heterocycles. The Hall–Kier alpha value is -0.120. The second-order valence-corrected chi connectivity index (χ2v) is 1.22. The third kappa shape index (κ3) is 0.931. The topological polar surface area (TPSA) is 43.2 Å². The summed E-state index contributed by atoms with van der Waals surface area (Å²) in [5.41, 5.74) is 2.57. The molecule has 0 spiro atoms. The summed E-state index contributed by atoms with van der Waals surface area (Å²) in [5.74, 6) is 0. The standard InChI is InChI=1S/C3H8N2O/c1-4-6-3-2-5-3/h3-5H,2H2,1H3. The van der Waals surface area contributed by atoms with Crippen molar-refractivity contribution in [3.63, 3.8) is 0 Å². The lowest BCUT2D eigenvalue weighted by Crippen LogP contribution is -2.11. The molecule has 0 bridgehead atoms. The van der Waals surface area contributed by atoms with E-state index >= 15 is 0 Å². The van der Waals surface area contributed by atoms with Gasteiger partial charge in [0.25, 0.3) is 0 Å². The molecule has 0 amide bonds. The zero-order chi connectivity index (χ0) is 4.41. The lowest BCUT2D eigenvalue weighted by molar-refractivity contribution is 0.0414. The molecule has 36 valence electrons. The third-order valence-electron chi connectivity index (χ3n) is 0.631. The van der Waals surface area contributed by atoms with Gasteiger partial charge in [-0.3, -0.25) is 10.2 Å². The highest BCUT2D eigenvalue weighted by Crippen LogP contribution is 1.92. The molecule has 1 rings (SSSR count). The highest BCUT2D eigenvalue weighted by molar-refractivity contribution is 4.70. The average Bonchev–Trinajstić information content (AvgIpc) is 2.21. The van der Waals surface area contributed by atoms with Crippen LogP contribution in [0.2, 0.25) is 0 Å². The van der Waals surface area contributed by atoms with Gasteiger partial charge < -0.3 is 0 Å². The van der Waals surface area contributed by atoms with Crippen LogP contribution in [0, 0.1) is 0 Å². The molecule has 1 saturated heterocycles. The summed E-state index contributed by atoms with van der Waals surface area (Å²) in [6.45, 7) is 0.987. The molecule has 0 saturated carbocycles. The minimum absolute atomic E-state index is 0.287. The smallest absolute Gasteiger partial charge is 0.142 e. The number of nitrogens with one attached hydrogen (secondary N) is 2. The van der Waals surface area contributed by atoms with Crippen molar-refractivity contribution in [1.29, 1.82) is 0 Å². The normalized spacial score (nSPS) is 30.5. The van der Waals surface area contributed by atoms with Crippen molar-refractivity contribution < 1.29 is 4.84 Å². The van der Waals surface area contributed by atoms with Gasteiger partial charge in [0.05, 0.1) is 0 Å². The van der Waals surface area contributed by atoms with Crippen LogP contribution in [0.1, 0.15) is 0 Å². The van der Waals surface area contributed by atoms with E-state index in [0.29, 0.717) is 0 Å². The second-order valence-electron chi connectivity index (χ2n) is 1.22. The molecular formula is C3H8N2O. The van der Waals surface area contributed by atoms with E-state index in [-0.39, 0.29) is 6.23 Å². The van der Waals surface area contributed by atoms with Gasteiger partial charge in [-0.25, -0.2) is 5.48 Å². The van der Waals surface area contributed by atoms with Crippen LogP contribution in [0.15, 0.2) is 0 Å². The van der Waals surface area contributed by atoms with Gasteiger partial charge in [0.2, 0.25) is 0 Å². The second kappa shape index (κ2) is 1.55. The van der Waals surface area contributed by atoms with Gasteiger partial charge in [-0.1, -0.05) is 0 Å². The third-order valence-corrected chi connectivity index (χ3v) is 0.631. The molecule has 3 nitrogen and oxygen atoms in total. The monoisotopic (exact) mass is 88.1 g/mol. The van der Waals surface area contributed by atoms with E-state index in [4.69, 9.17) is 4.84 Å². The van der Waals surface area contributed by atoms with Crippen molar-refractivity contribution in [2.45, 2.75) is 6.23 Å². The fraction of sp³-hybridized carbons (Fsp3) is 1.00. The van der Waals surface area contributed by atoms with Crippen molar-refractivity contribution in [1.82, 2.24) is 10.8 Å². The Morgan fingerprint density at radius 1 is 2.00 bits per heavy atom. The number of hydrogen-bond donors (Lipinski definition) is 2. The first-order chi connectivity index (χ1) is 2.93. The van der Waals surface area contributed by atoms with E-state index in [2.05, 4.69) is 10.8 Å². The SMILES string of the molecule is CNOC1CN1. The van der Waals surface area contributed by atoms with Crippen molar-refractivity contribution in [3.05, 3.63) is 0 Å². The predicted molar refractivity (Wildman–Crippen MR) is 21.9 cm³/mol. The Kier molecular flexibility index (Phi) is 1.05. The molecule has 1 unspecified atom stereocenters. The molecule has 0 radical (unpaired) electrons. The molecule has 3 heteroatoms. The lowest BCUT2D eigenvalue weighted by Gasteiger charge is -1.90. The molecule has 0 aromatic carbocycles. The van der Waals surface area contributed by atoms with E-state index < -0.39 is 0 Å². The van der Waals surface area contributed by atoms with Crippen molar-refractivity contribution in [2.24, 2.45) is 0 Å². The molecule has 6 heavy (non-hydrogen) atoms. The summed E-state index contributed by atoms with van der Waals surface area (Å²) >= 11 is 0. The van der Waals surface area contributed by atoms with E-state index in [0.717, 1.165) is 6.54 Å². The fourth-order valence-electron chi connectivity index (χ4n) is 0.274. The Balaban J connectivity index is 1.88.